The predicted molar refractivity (Wildman–Crippen MR) is 61.8 cm³/mol. The molecule has 0 aromatic heterocycles. The van der Waals surface area contributed by atoms with Gasteiger partial charge < -0.3 is 10.2 Å². The normalized spacial score (nSPS) is 40.1. The van der Waals surface area contributed by atoms with Crippen molar-refractivity contribution in [2.75, 3.05) is 39.0 Å². The van der Waals surface area contributed by atoms with Crippen LogP contribution in [0.4, 0.5) is 0 Å². The minimum absolute atomic E-state index is 0.673. The van der Waals surface area contributed by atoms with Gasteiger partial charge >= 0.3 is 0 Å². The molecule has 1 saturated carbocycles. The van der Waals surface area contributed by atoms with Crippen molar-refractivity contribution in [1.29, 1.82) is 0 Å². The number of nitrogens with zero attached hydrogens (tertiary/aromatic N) is 1. The van der Waals surface area contributed by atoms with Gasteiger partial charge in [0.05, 0.1) is 0 Å². The number of rotatable bonds is 3. The fraction of sp³-hybridized carbons (Fsp3) is 1.00. The molecule has 0 aromatic rings. The standard InChI is InChI=1S/C11H20N2S/c1-14-11(2-3-11)8-13-6-9-4-12-5-10(9)7-13/h9-10,12H,2-8H2,1H3. The molecule has 3 fully saturated rings. The second-order valence-corrected chi connectivity index (χ2v) is 6.53. The van der Waals surface area contributed by atoms with Crippen LogP contribution in [0.3, 0.4) is 0 Å². The Bertz CT molecular complexity index is 215. The topological polar surface area (TPSA) is 15.3 Å². The summed E-state index contributed by atoms with van der Waals surface area (Å²) in [6, 6.07) is 0. The molecule has 2 nitrogen and oxygen atoms in total. The molecule has 1 N–H and O–H groups in total. The number of thioether (sulfide) groups is 1. The fourth-order valence-electron chi connectivity index (χ4n) is 3.06. The van der Waals surface area contributed by atoms with Gasteiger partial charge in [-0.15, -0.1) is 0 Å². The zero-order valence-corrected chi connectivity index (χ0v) is 9.78. The highest BCUT2D eigenvalue weighted by Crippen LogP contribution is 2.48. The van der Waals surface area contributed by atoms with Gasteiger partial charge in [-0.05, 0) is 44.0 Å². The zero-order valence-electron chi connectivity index (χ0n) is 8.96. The van der Waals surface area contributed by atoms with Gasteiger partial charge in [-0.25, -0.2) is 0 Å². The molecule has 2 aliphatic heterocycles. The maximum Gasteiger partial charge on any atom is 0.0285 e. The van der Waals surface area contributed by atoms with Crippen LogP contribution in [0.25, 0.3) is 0 Å². The molecule has 2 unspecified atom stereocenters. The average molecular weight is 212 g/mol. The molecule has 2 heterocycles. The lowest BCUT2D eigenvalue weighted by molar-refractivity contribution is 0.310. The highest BCUT2D eigenvalue weighted by Gasteiger charge is 2.46. The third kappa shape index (κ3) is 1.59. The lowest BCUT2D eigenvalue weighted by atomic mass is 10.0. The van der Waals surface area contributed by atoms with Crippen LogP contribution in [0.5, 0.6) is 0 Å². The van der Waals surface area contributed by atoms with Gasteiger partial charge in [-0.2, -0.15) is 11.8 Å². The number of likely N-dealkylation sites (tertiary alicyclic amines) is 1. The quantitative estimate of drug-likeness (QED) is 0.752. The maximum absolute atomic E-state index is 3.51. The summed E-state index contributed by atoms with van der Waals surface area (Å²) in [4.78, 5) is 2.72. The molecule has 80 valence electrons. The Labute approximate surface area is 90.8 Å². The van der Waals surface area contributed by atoms with Crippen LogP contribution in [-0.4, -0.2) is 48.6 Å². The largest absolute Gasteiger partial charge is 0.316 e. The van der Waals surface area contributed by atoms with Gasteiger partial charge in [0.15, 0.2) is 0 Å². The maximum atomic E-state index is 3.51. The second kappa shape index (κ2) is 3.39. The molecule has 0 radical (unpaired) electrons. The molecule has 3 aliphatic rings. The molecule has 0 aromatic carbocycles. The number of nitrogens with one attached hydrogen (secondary N) is 1. The number of hydrogen-bond donors (Lipinski definition) is 1. The smallest absolute Gasteiger partial charge is 0.0285 e. The van der Waals surface area contributed by atoms with Crippen LogP contribution >= 0.6 is 11.8 Å². The van der Waals surface area contributed by atoms with Crippen LogP contribution in [-0.2, 0) is 0 Å². The molecule has 2 saturated heterocycles. The van der Waals surface area contributed by atoms with Crippen LogP contribution in [0.1, 0.15) is 12.8 Å². The Hall–Kier alpha value is 0.270. The van der Waals surface area contributed by atoms with Crippen molar-refractivity contribution >= 4 is 11.8 Å². The molecule has 0 amide bonds. The van der Waals surface area contributed by atoms with E-state index < -0.39 is 0 Å². The molecular formula is C11H20N2S. The van der Waals surface area contributed by atoms with E-state index in [1.807, 2.05) is 0 Å². The van der Waals surface area contributed by atoms with Crippen LogP contribution < -0.4 is 5.32 Å². The first kappa shape index (κ1) is 9.49. The molecular weight excluding hydrogens is 192 g/mol. The summed E-state index contributed by atoms with van der Waals surface area (Å²) in [6.45, 7) is 6.63. The van der Waals surface area contributed by atoms with Gasteiger partial charge in [0.2, 0.25) is 0 Å². The third-order valence-electron chi connectivity index (χ3n) is 4.22. The van der Waals surface area contributed by atoms with E-state index in [0.29, 0.717) is 4.75 Å². The zero-order chi connectivity index (χ0) is 9.60. The molecule has 3 heteroatoms. The van der Waals surface area contributed by atoms with E-state index in [-0.39, 0.29) is 0 Å². The van der Waals surface area contributed by atoms with Crippen LogP contribution in [0, 0.1) is 11.8 Å². The Balaban J connectivity index is 1.56. The SMILES string of the molecule is CSC1(CN2CC3CNCC3C2)CC1. The van der Waals surface area contributed by atoms with E-state index in [9.17, 15) is 0 Å². The summed E-state index contributed by atoms with van der Waals surface area (Å²) in [5.74, 6) is 1.93. The van der Waals surface area contributed by atoms with E-state index in [4.69, 9.17) is 0 Å². The number of hydrogen-bond acceptors (Lipinski definition) is 3. The van der Waals surface area contributed by atoms with Crippen molar-refractivity contribution < 1.29 is 0 Å². The Morgan fingerprint density at radius 2 is 1.93 bits per heavy atom. The van der Waals surface area contributed by atoms with Crippen molar-refractivity contribution in [3.63, 3.8) is 0 Å². The van der Waals surface area contributed by atoms with E-state index in [2.05, 4.69) is 28.2 Å². The Morgan fingerprint density at radius 1 is 1.29 bits per heavy atom. The first-order valence-electron chi connectivity index (χ1n) is 5.80. The summed E-state index contributed by atoms with van der Waals surface area (Å²) in [5.41, 5.74) is 0. The van der Waals surface area contributed by atoms with Crippen molar-refractivity contribution in [3.8, 4) is 0 Å². The monoisotopic (exact) mass is 212 g/mol. The van der Waals surface area contributed by atoms with Crippen molar-refractivity contribution in [1.82, 2.24) is 10.2 Å². The van der Waals surface area contributed by atoms with E-state index in [0.717, 1.165) is 11.8 Å². The van der Waals surface area contributed by atoms with Gasteiger partial charge in [0, 0.05) is 24.4 Å². The van der Waals surface area contributed by atoms with E-state index in [1.54, 1.807) is 0 Å². The minimum atomic E-state index is 0.673. The Morgan fingerprint density at radius 3 is 2.43 bits per heavy atom. The van der Waals surface area contributed by atoms with Gasteiger partial charge in [0.1, 0.15) is 0 Å². The molecule has 14 heavy (non-hydrogen) atoms. The predicted octanol–water partition coefficient (Wildman–Crippen LogP) is 1.03. The molecule has 1 aliphatic carbocycles. The van der Waals surface area contributed by atoms with Crippen LogP contribution in [0.2, 0.25) is 0 Å². The lowest BCUT2D eigenvalue weighted by Gasteiger charge is -2.22. The van der Waals surface area contributed by atoms with E-state index in [1.165, 1.54) is 45.6 Å². The summed E-state index contributed by atoms with van der Waals surface area (Å²) in [5, 5.41) is 3.51. The average Bonchev–Trinajstić information content (AvgIpc) is 2.62. The summed E-state index contributed by atoms with van der Waals surface area (Å²) >= 11 is 2.10. The van der Waals surface area contributed by atoms with Crippen molar-refractivity contribution in [2.24, 2.45) is 11.8 Å². The summed E-state index contributed by atoms with van der Waals surface area (Å²) < 4.78 is 0.673. The summed E-state index contributed by atoms with van der Waals surface area (Å²) in [6.07, 6.45) is 5.20. The molecule has 3 rings (SSSR count). The number of fused-ring (bicyclic) bond motifs is 1. The first-order valence-corrected chi connectivity index (χ1v) is 7.02. The molecule has 0 spiro atoms. The van der Waals surface area contributed by atoms with Crippen LogP contribution in [0.15, 0.2) is 0 Å². The highest BCUT2D eigenvalue weighted by molar-refractivity contribution is 8.00. The second-order valence-electron chi connectivity index (χ2n) is 5.26. The van der Waals surface area contributed by atoms with Gasteiger partial charge in [-0.1, -0.05) is 0 Å². The fourth-order valence-corrected chi connectivity index (χ4v) is 3.88. The Kier molecular flexibility index (Phi) is 2.30. The van der Waals surface area contributed by atoms with Crippen molar-refractivity contribution in [3.05, 3.63) is 0 Å². The lowest BCUT2D eigenvalue weighted by Crippen LogP contribution is -2.32. The molecule has 2 atom stereocenters. The van der Waals surface area contributed by atoms with Gasteiger partial charge in [-0.3, -0.25) is 0 Å². The van der Waals surface area contributed by atoms with Crippen molar-refractivity contribution in [2.45, 2.75) is 17.6 Å². The third-order valence-corrected chi connectivity index (χ3v) is 5.62. The van der Waals surface area contributed by atoms with E-state index >= 15 is 0 Å². The first-order chi connectivity index (χ1) is 6.81. The summed E-state index contributed by atoms with van der Waals surface area (Å²) in [7, 11) is 0. The molecule has 0 bridgehead atoms. The van der Waals surface area contributed by atoms with Gasteiger partial charge in [0.25, 0.3) is 0 Å². The highest BCUT2D eigenvalue weighted by atomic mass is 32.2. The minimum Gasteiger partial charge on any atom is -0.316 e.